The van der Waals surface area contributed by atoms with E-state index in [1.54, 1.807) is 30.3 Å². The number of carbonyl (C=O) groups excluding carboxylic acids is 3. The molecule has 5 atom stereocenters. The minimum atomic E-state index is -1.35. The highest BCUT2D eigenvalue weighted by molar-refractivity contribution is 7.98. The highest BCUT2D eigenvalue weighted by Gasteiger charge is 2.32. The summed E-state index contributed by atoms with van der Waals surface area (Å²) in [6.07, 6.45) is 2.35. The smallest absolute Gasteiger partial charge is 0.326 e. The summed E-state index contributed by atoms with van der Waals surface area (Å²) in [6.45, 7) is 1.72. The first-order valence-electron chi connectivity index (χ1n) is 11.9. The topological polar surface area (TPSA) is 197 Å². The van der Waals surface area contributed by atoms with Gasteiger partial charge in [0.2, 0.25) is 17.7 Å². The van der Waals surface area contributed by atoms with Crippen LogP contribution in [-0.2, 0) is 25.6 Å². The fourth-order valence-corrected chi connectivity index (χ4v) is 3.88. The number of carboxylic acids is 1. The van der Waals surface area contributed by atoms with E-state index in [4.69, 9.17) is 11.5 Å². The van der Waals surface area contributed by atoms with E-state index in [1.807, 2.05) is 6.26 Å². The lowest BCUT2D eigenvalue weighted by atomic mass is 10.0. The van der Waals surface area contributed by atoms with Gasteiger partial charge < -0.3 is 37.6 Å². The summed E-state index contributed by atoms with van der Waals surface area (Å²) in [5, 5.41) is 27.2. The first-order valence-corrected chi connectivity index (χ1v) is 13.3. The van der Waals surface area contributed by atoms with Crippen LogP contribution in [-0.4, -0.2) is 82.7 Å². The molecule has 0 aliphatic heterocycles. The molecule has 0 fully saturated rings. The summed E-state index contributed by atoms with van der Waals surface area (Å²) < 4.78 is 0. The number of unbranched alkanes of at least 4 members (excludes halogenated alkanes) is 1. The Bertz CT molecular complexity index is 842. The minimum absolute atomic E-state index is 0.0612. The van der Waals surface area contributed by atoms with Gasteiger partial charge in [0.05, 0.1) is 12.1 Å². The molecule has 5 unspecified atom stereocenters. The lowest BCUT2D eigenvalue weighted by Crippen LogP contribution is -2.59. The van der Waals surface area contributed by atoms with Crippen molar-refractivity contribution in [3.05, 3.63) is 35.9 Å². The molecule has 0 aliphatic rings. The van der Waals surface area contributed by atoms with Crippen molar-refractivity contribution < 1.29 is 29.4 Å². The van der Waals surface area contributed by atoms with Crippen molar-refractivity contribution in [1.29, 1.82) is 0 Å². The molecule has 0 radical (unpaired) electrons. The second kappa shape index (κ2) is 16.9. The molecular weight excluding hydrogens is 486 g/mol. The predicted molar refractivity (Wildman–Crippen MR) is 139 cm³/mol. The summed E-state index contributed by atoms with van der Waals surface area (Å²) >= 11 is 1.52. The van der Waals surface area contributed by atoms with E-state index in [2.05, 4.69) is 16.0 Å². The van der Waals surface area contributed by atoms with E-state index in [0.717, 1.165) is 5.56 Å². The maximum absolute atomic E-state index is 13.0. The van der Waals surface area contributed by atoms with Gasteiger partial charge in [-0.2, -0.15) is 11.8 Å². The van der Waals surface area contributed by atoms with Gasteiger partial charge in [0.1, 0.15) is 18.1 Å². The summed E-state index contributed by atoms with van der Waals surface area (Å²) in [4.78, 5) is 50.2. The first kappa shape index (κ1) is 31.4. The van der Waals surface area contributed by atoms with Gasteiger partial charge in [0.25, 0.3) is 0 Å². The molecule has 1 rings (SSSR count). The number of aliphatic carboxylic acids is 1. The third kappa shape index (κ3) is 11.4. The van der Waals surface area contributed by atoms with Crippen LogP contribution in [0.5, 0.6) is 0 Å². The lowest BCUT2D eigenvalue weighted by molar-refractivity contribution is -0.142. The molecule has 1 aromatic rings. The molecule has 9 N–H and O–H groups in total. The number of rotatable bonds is 17. The largest absolute Gasteiger partial charge is 0.480 e. The van der Waals surface area contributed by atoms with E-state index < -0.39 is 54.0 Å². The number of thioether (sulfide) groups is 1. The fraction of sp³-hybridized carbons (Fsp3) is 0.583. The zero-order valence-electron chi connectivity index (χ0n) is 20.8. The zero-order chi connectivity index (χ0) is 27.1. The van der Waals surface area contributed by atoms with Crippen molar-refractivity contribution in [2.24, 2.45) is 11.5 Å². The molecule has 202 valence electrons. The lowest BCUT2D eigenvalue weighted by Gasteiger charge is -2.26. The van der Waals surface area contributed by atoms with Gasteiger partial charge in [-0.05, 0) is 56.7 Å². The molecule has 0 bridgehead atoms. The fourth-order valence-electron chi connectivity index (χ4n) is 3.39. The van der Waals surface area contributed by atoms with Gasteiger partial charge in [0.15, 0.2) is 0 Å². The molecule has 11 nitrogen and oxygen atoms in total. The summed E-state index contributed by atoms with van der Waals surface area (Å²) in [6, 6.07) is 4.33. The predicted octanol–water partition coefficient (Wildman–Crippen LogP) is -0.642. The van der Waals surface area contributed by atoms with Crippen molar-refractivity contribution >= 4 is 35.5 Å². The first-order chi connectivity index (χ1) is 17.1. The number of aliphatic hydroxyl groups is 1. The van der Waals surface area contributed by atoms with Gasteiger partial charge >= 0.3 is 5.97 Å². The zero-order valence-corrected chi connectivity index (χ0v) is 21.6. The maximum Gasteiger partial charge on any atom is 0.326 e. The Morgan fingerprint density at radius 2 is 1.58 bits per heavy atom. The average Bonchev–Trinajstić information content (AvgIpc) is 2.84. The van der Waals surface area contributed by atoms with Crippen molar-refractivity contribution in [1.82, 2.24) is 16.0 Å². The molecule has 0 saturated heterocycles. The van der Waals surface area contributed by atoms with Crippen LogP contribution in [0.15, 0.2) is 30.3 Å². The summed E-state index contributed by atoms with van der Waals surface area (Å²) in [5.41, 5.74) is 12.1. The standard InChI is InChI=1S/C24H39N5O6S/c1-15(30)20(29-21(31)17(26)11-13-36-2)23(33)27-18(10-6-7-12-25)22(32)28-19(24(34)35)14-16-8-4-3-5-9-16/h3-5,8-9,15,17-20,30H,6-7,10-14,25-26H2,1-2H3,(H,27,33)(H,28,32)(H,29,31)(H,34,35). The molecule has 0 aromatic heterocycles. The molecule has 12 heteroatoms. The molecule has 0 heterocycles. The third-order valence-electron chi connectivity index (χ3n) is 5.51. The Kier molecular flexibility index (Phi) is 14.7. The number of hydrogen-bond acceptors (Lipinski definition) is 8. The highest BCUT2D eigenvalue weighted by atomic mass is 32.2. The minimum Gasteiger partial charge on any atom is -0.480 e. The molecule has 3 amide bonds. The number of carboxylic acid groups (broad SMARTS) is 1. The van der Waals surface area contributed by atoms with Crippen LogP contribution >= 0.6 is 11.8 Å². The Morgan fingerprint density at radius 3 is 2.14 bits per heavy atom. The van der Waals surface area contributed by atoms with Crippen LogP contribution in [0.3, 0.4) is 0 Å². The second-order valence-corrected chi connectivity index (χ2v) is 9.54. The number of nitrogens with two attached hydrogens (primary N) is 2. The molecular formula is C24H39N5O6S. The monoisotopic (exact) mass is 525 g/mol. The van der Waals surface area contributed by atoms with E-state index in [9.17, 15) is 29.4 Å². The Labute approximate surface area is 216 Å². The van der Waals surface area contributed by atoms with E-state index in [1.165, 1.54) is 18.7 Å². The number of nitrogens with one attached hydrogen (secondary N) is 3. The van der Waals surface area contributed by atoms with E-state index >= 15 is 0 Å². The average molecular weight is 526 g/mol. The molecule has 36 heavy (non-hydrogen) atoms. The maximum atomic E-state index is 13.0. The summed E-state index contributed by atoms with van der Waals surface area (Å²) in [7, 11) is 0. The normalized spacial score (nSPS) is 15.1. The van der Waals surface area contributed by atoms with Crippen molar-refractivity contribution in [2.45, 2.75) is 69.3 Å². The number of benzene rings is 1. The quantitative estimate of drug-likeness (QED) is 0.129. The van der Waals surface area contributed by atoms with E-state index in [-0.39, 0.29) is 12.8 Å². The van der Waals surface area contributed by atoms with Crippen LogP contribution < -0.4 is 27.4 Å². The number of carbonyl (C=O) groups is 4. The number of amides is 3. The second-order valence-electron chi connectivity index (χ2n) is 8.55. The highest BCUT2D eigenvalue weighted by Crippen LogP contribution is 2.07. The van der Waals surface area contributed by atoms with Gasteiger partial charge in [-0.1, -0.05) is 30.3 Å². The molecule has 0 aliphatic carbocycles. The Balaban J connectivity index is 2.95. The Morgan fingerprint density at radius 1 is 0.944 bits per heavy atom. The summed E-state index contributed by atoms with van der Waals surface area (Å²) in [5.74, 6) is -2.62. The van der Waals surface area contributed by atoms with Gasteiger partial charge in [-0.25, -0.2) is 4.79 Å². The van der Waals surface area contributed by atoms with Crippen molar-refractivity contribution in [3.63, 3.8) is 0 Å². The Hall–Kier alpha value is -2.67. The molecule has 1 aromatic carbocycles. The van der Waals surface area contributed by atoms with Crippen LogP contribution in [0, 0.1) is 0 Å². The van der Waals surface area contributed by atoms with Crippen LogP contribution in [0.1, 0.15) is 38.2 Å². The van der Waals surface area contributed by atoms with Crippen LogP contribution in [0.4, 0.5) is 0 Å². The molecule has 0 saturated carbocycles. The van der Waals surface area contributed by atoms with Crippen molar-refractivity contribution in [2.75, 3.05) is 18.6 Å². The van der Waals surface area contributed by atoms with E-state index in [0.29, 0.717) is 31.6 Å². The van der Waals surface area contributed by atoms with Crippen molar-refractivity contribution in [3.8, 4) is 0 Å². The third-order valence-corrected chi connectivity index (χ3v) is 6.15. The SMILES string of the molecule is CSCCC(N)C(=O)NC(C(=O)NC(CCCCN)C(=O)NC(Cc1ccccc1)C(=O)O)C(C)O. The van der Waals surface area contributed by atoms with Gasteiger partial charge in [-0.3, -0.25) is 14.4 Å². The molecule has 0 spiro atoms. The van der Waals surface area contributed by atoms with Gasteiger partial charge in [0, 0.05) is 6.42 Å². The van der Waals surface area contributed by atoms with Crippen LogP contribution in [0.25, 0.3) is 0 Å². The number of aliphatic hydroxyl groups excluding tert-OH is 1. The van der Waals surface area contributed by atoms with Gasteiger partial charge in [-0.15, -0.1) is 0 Å². The number of hydrogen-bond donors (Lipinski definition) is 7. The van der Waals surface area contributed by atoms with Crippen LogP contribution in [0.2, 0.25) is 0 Å².